The molecule has 138 valence electrons. The van der Waals surface area contributed by atoms with Crippen LogP contribution in [0.5, 0.6) is 0 Å². The van der Waals surface area contributed by atoms with E-state index in [1.54, 1.807) is 17.5 Å². The molecule has 0 saturated heterocycles. The molecular weight excluding hydrogens is 366 g/mol. The standard InChI is InChI=1S/C22H19N5S/c1-13-16-6-9-25-19(16)3-2-18(13)27-21-15(11-23)12-26-22-17(21)10-20(28-22)14-4-7-24-8-5-14/h2-4,6,9-10,12,24-25H,5,7-8H2,1H3,(H,26,27). The summed E-state index contributed by atoms with van der Waals surface area (Å²) in [4.78, 5) is 9.98. The maximum Gasteiger partial charge on any atom is 0.125 e. The fourth-order valence-corrected chi connectivity index (χ4v) is 4.85. The Hall–Kier alpha value is -3.14. The van der Waals surface area contributed by atoms with Crippen molar-refractivity contribution in [1.29, 1.82) is 5.26 Å². The number of aromatic amines is 1. The van der Waals surface area contributed by atoms with Gasteiger partial charge in [0.25, 0.3) is 0 Å². The summed E-state index contributed by atoms with van der Waals surface area (Å²) in [7, 11) is 0. The zero-order valence-electron chi connectivity index (χ0n) is 15.5. The van der Waals surface area contributed by atoms with Crippen LogP contribution in [0.25, 0.3) is 26.7 Å². The fourth-order valence-electron chi connectivity index (χ4n) is 3.77. The Kier molecular flexibility index (Phi) is 4.12. The zero-order valence-corrected chi connectivity index (χ0v) is 16.3. The van der Waals surface area contributed by atoms with Gasteiger partial charge in [-0.25, -0.2) is 4.98 Å². The smallest absolute Gasteiger partial charge is 0.125 e. The molecule has 0 amide bonds. The molecule has 0 unspecified atom stereocenters. The van der Waals surface area contributed by atoms with E-state index >= 15 is 0 Å². The highest BCUT2D eigenvalue weighted by atomic mass is 32.1. The van der Waals surface area contributed by atoms with E-state index in [4.69, 9.17) is 0 Å². The first-order valence-electron chi connectivity index (χ1n) is 9.31. The van der Waals surface area contributed by atoms with E-state index in [9.17, 15) is 5.26 Å². The molecule has 0 bridgehead atoms. The minimum absolute atomic E-state index is 0.560. The maximum absolute atomic E-state index is 9.67. The molecule has 4 aromatic rings. The molecule has 0 saturated carbocycles. The van der Waals surface area contributed by atoms with Gasteiger partial charge in [-0.2, -0.15) is 5.26 Å². The molecule has 4 heterocycles. The first kappa shape index (κ1) is 17.0. The van der Waals surface area contributed by atoms with Crippen molar-refractivity contribution in [3.63, 3.8) is 0 Å². The van der Waals surface area contributed by atoms with Crippen LogP contribution < -0.4 is 10.6 Å². The number of nitrogens with zero attached hydrogens (tertiary/aromatic N) is 2. The van der Waals surface area contributed by atoms with Crippen LogP contribution in [0.15, 0.2) is 42.7 Å². The number of anilines is 2. The Bertz CT molecular complexity index is 1270. The number of hydrogen-bond acceptors (Lipinski definition) is 5. The Labute approximate surface area is 166 Å². The second-order valence-corrected chi connectivity index (χ2v) is 8.00. The van der Waals surface area contributed by atoms with Gasteiger partial charge in [-0.15, -0.1) is 11.3 Å². The van der Waals surface area contributed by atoms with Crippen LogP contribution in [0.4, 0.5) is 11.4 Å². The fraction of sp³-hybridized carbons (Fsp3) is 0.182. The van der Waals surface area contributed by atoms with Gasteiger partial charge in [-0.3, -0.25) is 0 Å². The number of pyridine rings is 1. The predicted octanol–water partition coefficient (Wildman–Crippen LogP) is 5.08. The van der Waals surface area contributed by atoms with Crippen LogP contribution in [0.1, 0.15) is 22.4 Å². The van der Waals surface area contributed by atoms with Crippen LogP contribution in [0.3, 0.4) is 0 Å². The highest BCUT2D eigenvalue weighted by molar-refractivity contribution is 7.19. The van der Waals surface area contributed by atoms with Gasteiger partial charge < -0.3 is 15.6 Å². The molecule has 1 aromatic carbocycles. The molecule has 0 fully saturated rings. The number of benzene rings is 1. The van der Waals surface area contributed by atoms with Gasteiger partial charge in [0.1, 0.15) is 10.9 Å². The first-order chi connectivity index (χ1) is 13.7. The molecule has 5 nitrogen and oxygen atoms in total. The number of fused-ring (bicyclic) bond motifs is 2. The normalized spacial score (nSPS) is 14.2. The highest BCUT2D eigenvalue weighted by Crippen LogP contribution is 2.38. The Morgan fingerprint density at radius 3 is 3.00 bits per heavy atom. The van der Waals surface area contributed by atoms with E-state index in [-0.39, 0.29) is 0 Å². The Morgan fingerprint density at radius 2 is 2.18 bits per heavy atom. The van der Waals surface area contributed by atoms with Crippen molar-refractivity contribution >= 4 is 49.4 Å². The second-order valence-electron chi connectivity index (χ2n) is 6.97. The van der Waals surface area contributed by atoms with Gasteiger partial charge >= 0.3 is 0 Å². The van der Waals surface area contributed by atoms with Crippen LogP contribution in [-0.4, -0.2) is 23.1 Å². The van der Waals surface area contributed by atoms with Crippen LogP contribution in [0.2, 0.25) is 0 Å². The van der Waals surface area contributed by atoms with E-state index < -0.39 is 0 Å². The van der Waals surface area contributed by atoms with Gasteiger partial charge in [0.2, 0.25) is 0 Å². The highest BCUT2D eigenvalue weighted by Gasteiger charge is 2.16. The van der Waals surface area contributed by atoms with Gasteiger partial charge in [0, 0.05) is 45.8 Å². The number of nitrogens with one attached hydrogen (secondary N) is 3. The minimum atomic E-state index is 0.560. The topological polar surface area (TPSA) is 76.5 Å². The third-order valence-electron chi connectivity index (χ3n) is 5.33. The van der Waals surface area contributed by atoms with Crippen molar-refractivity contribution in [2.45, 2.75) is 13.3 Å². The lowest BCUT2D eigenvalue weighted by Gasteiger charge is -2.13. The lowest BCUT2D eigenvalue weighted by molar-refractivity contribution is 0.739. The average molecular weight is 385 g/mol. The quantitative estimate of drug-likeness (QED) is 0.460. The minimum Gasteiger partial charge on any atom is -0.361 e. The van der Waals surface area contributed by atoms with E-state index in [2.05, 4.69) is 63.9 Å². The molecule has 28 heavy (non-hydrogen) atoms. The number of H-pyrrole nitrogens is 1. The molecule has 6 heteroatoms. The number of nitriles is 1. The van der Waals surface area contributed by atoms with Crippen LogP contribution >= 0.6 is 11.3 Å². The molecule has 0 spiro atoms. The van der Waals surface area contributed by atoms with Crippen molar-refractivity contribution in [2.24, 2.45) is 0 Å². The van der Waals surface area contributed by atoms with Gasteiger partial charge in [0.05, 0.1) is 11.3 Å². The average Bonchev–Trinajstić information content (AvgIpc) is 3.38. The molecule has 0 atom stereocenters. The van der Waals surface area contributed by atoms with Crippen LogP contribution in [0, 0.1) is 18.3 Å². The molecule has 5 rings (SSSR count). The predicted molar refractivity (Wildman–Crippen MR) is 116 cm³/mol. The van der Waals surface area contributed by atoms with Crippen molar-refractivity contribution < 1.29 is 0 Å². The number of rotatable bonds is 3. The molecule has 0 radical (unpaired) electrons. The van der Waals surface area contributed by atoms with E-state index in [1.807, 2.05) is 6.20 Å². The number of thiophene rings is 1. The summed E-state index contributed by atoms with van der Waals surface area (Å²) in [6.45, 7) is 4.00. The summed E-state index contributed by atoms with van der Waals surface area (Å²) in [5.41, 5.74) is 6.02. The van der Waals surface area contributed by atoms with Gasteiger partial charge in [-0.05, 0) is 55.3 Å². The van der Waals surface area contributed by atoms with Crippen molar-refractivity contribution in [1.82, 2.24) is 15.3 Å². The lowest BCUT2D eigenvalue weighted by Crippen LogP contribution is -2.19. The zero-order chi connectivity index (χ0) is 19.1. The molecule has 3 N–H and O–H groups in total. The van der Waals surface area contributed by atoms with Gasteiger partial charge in [-0.1, -0.05) is 6.08 Å². The summed E-state index contributed by atoms with van der Waals surface area (Å²) in [6.07, 6.45) is 6.89. The number of aryl methyl sites for hydroxylation is 1. The summed E-state index contributed by atoms with van der Waals surface area (Å²) in [5, 5.41) is 18.7. The number of hydrogen-bond donors (Lipinski definition) is 3. The summed E-state index contributed by atoms with van der Waals surface area (Å²) < 4.78 is 0. The Morgan fingerprint density at radius 1 is 1.25 bits per heavy atom. The third kappa shape index (κ3) is 2.76. The molecule has 1 aliphatic rings. The van der Waals surface area contributed by atoms with E-state index in [0.717, 1.165) is 52.2 Å². The van der Waals surface area contributed by atoms with Crippen molar-refractivity contribution in [2.75, 3.05) is 18.4 Å². The first-order valence-corrected chi connectivity index (χ1v) is 10.1. The summed E-state index contributed by atoms with van der Waals surface area (Å²) >= 11 is 1.69. The van der Waals surface area contributed by atoms with Crippen molar-refractivity contribution in [3.05, 3.63) is 58.7 Å². The molecule has 0 aliphatic carbocycles. The summed E-state index contributed by atoms with van der Waals surface area (Å²) in [6, 6.07) is 10.7. The van der Waals surface area contributed by atoms with E-state index in [0.29, 0.717) is 5.56 Å². The second kappa shape index (κ2) is 6.79. The van der Waals surface area contributed by atoms with E-state index in [1.165, 1.54) is 15.8 Å². The van der Waals surface area contributed by atoms with Gasteiger partial charge in [0.15, 0.2) is 0 Å². The Balaban J connectivity index is 1.64. The molecular formula is C22H19N5S. The maximum atomic E-state index is 9.67. The van der Waals surface area contributed by atoms with Crippen molar-refractivity contribution in [3.8, 4) is 6.07 Å². The lowest BCUT2D eigenvalue weighted by atomic mass is 10.1. The SMILES string of the molecule is Cc1c(Nc2c(C#N)cnc3sc(C4=CCNCC4)cc23)ccc2[nH]ccc12. The third-order valence-corrected chi connectivity index (χ3v) is 6.44. The monoisotopic (exact) mass is 385 g/mol. The molecule has 3 aromatic heterocycles. The summed E-state index contributed by atoms with van der Waals surface area (Å²) in [5.74, 6) is 0. The largest absolute Gasteiger partial charge is 0.361 e. The number of aromatic nitrogens is 2. The van der Waals surface area contributed by atoms with Crippen LogP contribution in [-0.2, 0) is 0 Å². The molecule has 1 aliphatic heterocycles.